The molecule has 1 spiro atoms. The number of rotatable bonds is 3. The second kappa shape index (κ2) is 6.82. The zero-order chi connectivity index (χ0) is 21.0. The van der Waals surface area contributed by atoms with E-state index in [0.717, 1.165) is 35.6 Å². The molecule has 1 saturated heterocycles. The fourth-order valence-corrected chi connectivity index (χ4v) is 6.84. The lowest BCUT2D eigenvalue weighted by Crippen LogP contribution is -2.52. The summed E-state index contributed by atoms with van der Waals surface area (Å²) in [7, 11) is -4.20. The molecule has 2 N–H and O–H groups in total. The van der Waals surface area contributed by atoms with E-state index < -0.39 is 34.4 Å². The predicted octanol–water partition coefficient (Wildman–Crippen LogP) is 2.36. The van der Waals surface area contributed by atoms with Gasteiger partial charge in [0.1, 0.15) is 6.54 Å². The average Bonchev–Trinajstić information content (AvgIpc) is 2.97. The molecule has 2 aliphatic carbocycles. The van der Waals surface area contributed by atoms with Crippen LogP contribution in [0.25, 0.3) is 6.08 Å². The number of halogens is 3. The van der Waals surface area contributed by atoms with Crippen molar-refractivity contribution in [3.63, 3.8) is 0 Å². The molecule has 158 valence electrons. The number of nitrogens with zero attached hydrogens (tertiary/aromatic N) is 1. The minimum absolute atomic E-state index is 0.0813. The van der Waals surface area contributed by atoms with Crippen LogP contribution in [0.2, 0.25) is 0 Å². The maximum absolute atomic E-state index is 12.9. The topological polar surface area (TPSA) is 86.7 Å². The Morgan fingerprint density at radius 2 is 1.90 bits per heavy atom. The molecule has 0 radical (unpaired) electrons. The molecule has 1 aliphatic heterocycles. The van der Waals surface area contributed by atoms with E-state index in [1.165, 1.54) is 6.08 Å². The molecule has 1 aromatic carbocycles. The van der Waals surface area contributed by atoms with Crippen molar-refractivity contribution in [1.82, 2.24) is 9.03 Å². The van der Waals surface area contributed by atoms with Crippen LogP contribution in [0.5, 0.6) is 0 Å². The fraction of sp³-hybridized carbons (Fsp3) is 0.526. The Balaban J connectivity index is 1.65. The second-order valence-corrected chi connectivity index (χ2v) is 9.78. The summed E-state index contributed by atoms with van der Waals surface area (Å²) < 4.78 is 66.8. The number of carbonyl (C=O) groups is 1. The molecular weight excluding hydrogens is 409 g/mol. The van der Waals surface area contributed by atoms with E-state index in [1.807, 2.05) is 12.1 Å². The van der Waals surface area contributed by atoms with Crippen LogP contribution in [-0.2, 0) is 27.8 Å². The molecule has 6 nitrogen and oxygen atoms in total. The summed E-state index contributed by atoms with van der Waals surface area (Å²) in [5.41, 5.74) is 1.86. The summed E-state index contributed by atoms with van der Waals surface area (Å²) in [6.07, 6.45) is 0.560. The third-order valence-corrected chi connectivity index (χ3v) is 7.93. The Hall–Kier alpha value is -1.91. The molecule has 1 saturated carbocycles. The zero-order valence-electron chi connectivity index (χ0n) is 15.4. The normalized spacial score (nSPS) is 31.3. The van der Waals surface area contributed by atoms with Gasteiger partial charge in [-0.1, -0.05) is 18.2 Å². The smallest absolute Gasteiger partial charge is 0.402 e. The van der Waals surface area contributed by atoms with Gasteiger partial charge < -0.3 is 5.11 Å². The summed E-state index contributed by atoms with van der Waals surface area (Å²) >= 11 is 0. The van der Waals surface area contributed by atoms with Crippen LogP contribution in [0.4, 0.5) is 13.2 Å². The Morgan fingerprint density at radius 3 is 2.52 bits per heavy atom. The summed E-state index contributed by atoms with van der Waals surface area (Å²) in [5, 5.41) is 8.80. The average molecular weight is 430 g/mol. The lowest BCUT2D eigenvalue weighted by Gasteiger charge is -2.33. The van der Waals surface area contributed by atoms with Gasteiger partial charge in [-0.25, -0.2) is 4.79 Å². The highest BCUT2D eigenvalue weighted by Gasteiger charge is 2.60. The van der Waals surface area contributed by atoms with Crippen molar-refractivity contribution < 1.29 is 31.5 Å². The summed E-state index contributed by atoms with van der Waals surface area (Å²) in [6, 6.07) is 5.60. The van der Waals surface area contributed by atoms with Gasteiger partial charge in [0, 0.05) is 12.6 Å². The first-order valence-electron chi connectivity index (χ1n) is 9.37. The summed E-state index contributed by atoms with van der Waals surface area (Å²) in [6.45, 7) is -1.66. The second-order valence-electron chi connectivity index (χ2n) is 8.11. The number of benzene rings is 1. The number of fused-ring (bicyclic) bond motifs is 1. The molecule has 10 heteroatoms. The Labute approximate surface area is 166 Å². The van der Waals surface area contributed by atoms with Crippen molar-refractivity contribution >= 4 is 22.3 Å². The lowest BCUT2D eigenvalue weighted by atomic mass is 9.79. The van der Waals surface area contributed by atoms with Gasteiger partial charge in [0.2, 0.25) is 0 Å². The van der Waals surface area contributed by atoms with E-state index in [2.05, 4.69) is 4.72 Å². The van der Waals surface area contributed by atoms with Gasteiger partial charge in [0.15, 0.2) is 0 Å². The van der Waals surface area contributed by atoms with Crippen LogP contribution in [0, 0.1) is 11.8 Å². The molecule has 1 aromatic rings. The molecule has 3 atom stereocenters. The number of carboxylic acids is 1. The van der Waals surface area contributed by atoms with E-state index in [-0.39, 0.29) is 18.4 Å². The molecule has 4 rings (SSSR count). The van der Waals surface area contributed by atoms with Crippen LogP contribution in [-0.4, -0.2) is 48.6 Å². The molecule has 0 amide bonds. The van der Waals surface area contributed by atoms with E-state index >= 15 is 0 Å². The maximum Gasteiger partial charge on any atom is 0.402 e. The number of nitrogens with one attached hydrogen (secondary N) is 1. The van der Waals surface area contributed by atoms with Crippen LogP contribution in [0.1, 0.15) is 29.5 Å². The van der Waals surface area contributed by atoms with E-state index in [0.29, 0.717) is 17.1 Å². The van der Waals surface area contributed by atoms with Gasteiger partial charge >= 0.3 is 12.1 Å². The number of hydrogen-bond donors (Lipinski definition) is 2. The predicted molar refractivity (Wildman–Crippen MR) is 99.1 cm³/mol. The maximum atomic E-state index is 12.9. The van der Waals surface area contributed by atoms with Crippen molar-refractivity contribution in [2.45, 2.75) is 37.4 Å². The van der Waals surface area contributed by atoms with Crippen molar-refractivity contribution in [2.24, 2.45) is 11.8 Å². The number of carboxylic acid groups (broad SMARTS) is 1. The first kappa shape index (κ1) is 20.4. The van der Waals surface area contributed by atoms with Crippen LogP contribution in [0.3, 0.4) is 0 Å². The largest absolute Gasteiger partial charge is 0.478 e. The number of hydrogen-bond acceptors (Lipinski definition) is 3. The van der Waals surface area contributed by atoms with Crippen molar-refractivity contribution in [2.75, 3.05) is 13.1 Å². The molecule has 0 aromatic heterocycles. The van der Waals surface area contributed by atoms with E-state index in [1.54, 1.807) is 6.07 Å². The van der Waals surface area contributed by atoms with E-state index in [4.69, 9.17) is 5.11 Å². The standard InChI is InChI=1S/C19H21F3N2O4S/c20-19(21,22)11-24-10-18(23-29(24,27)28)15-4-5-16(18)9-14-7-12(2-6-17(25)26)1-3-13(14)8-15/h1-3,6-7,15-16,23H,4-5,8-11H2,(H,25,26)/b6-2+/t15-,16+,18+/m0/s1. The SMILES string of the molecule is O=C(O)/C=C/c1ccc2c(c1)C[C@H]1CC[C@@H](C2)[C@]12CN(CC(F)(F)F)S(=O)(=O)N2. The molecule has 3 aliphatic rings. The van der Waals surface area contributed by atoms with Gasteiger partial charge in [0.05, 0.1) is 5.54 Å². The van der Waals surface area contributed by atoms with Gasteiger partial charge in [0.25, 0.3) is 10.2 Å². The molecule has 2 bridgehead atoms. The highest BCUT2D eigenvalue weighted by Crippen LogP contribution is 2.50. The minimum Gasteiger partial charge on any atom is -0.478 e. The van der Waals surface area contributed by atoms with Gasteiger partial charge in [-0.3, -0.25) is 0 Å². The Bertz CT molecular complexity index is 976. The fourth-order valence-electron chi connectivity index (χ4n) is 5.14. The summed E-state index contributed by atoms with van der Waals surface area (Å²) in [4.78, 5) is 10.7. The first-order chi connectivity index (χ1) is 13.5. The molecule has 29 heavy (non-hydrogen) atoms. The van der Waals surface area contributed by atoms with Gasteiger partial charge in [-0.15, -0.1) is 0 Å². The Kier molecular flexibility index (Phi) is 4.79. The van der Waals surface area contributed by atoms with Gasteiger partial charge in [-0.05, 0) is 60.3 Å². The van der Waals surface area contributed by atoms with Crippen molar-refractivity contribution in [1.29, 1.82) is 0 Å². The Morgan fingerprint density at radius 1 is 1.24 bits per heavy atom. The third-order valence-electron chi connectivity index (χ3n) is 6.35. The van der Waals surface area contributed by atoms with E-state index in [9.17, 15) is 26.4 Å². The highest BCUT2D eigenvalue weighted by atomic mass is 32.2. The molecule has 0 unspecified atom stereocenters. The molecular formula is C19H21F3N2O4S. The first-order valence-corrected chi connectivity index (χ1v) is 10.8. The van der Waals surface area contributed by atoms with Crippen LogP contribution >= 0.6 is 0 Å². The zero-order valence-corrected chi connectivity index (χ0v) is 16.3. The molecule has 2 fully saturated rings. The van der Waals surface area contributed by atoms with Crippen LogP contribution in [0.15, 0.2) is 24.3 Å². The lowest BCUT2D eigenvalue weighted by molar-refractivity contribution is -0.136. The minimum atomic E-state index is -4.60. The highest BCUT2D eigenvalue weighted by molar-refractivity contribution is 7.87. The summed E-state index contributed by atoms with van der Waals surface area (Å²) in [5.74, 6) is -1.24. The van der Waals surface area contributed by atoms with Crippen LogP contribution < -0.4 is 4.72 Å². The monoisotopic (exact) mass is 430 g/mol. The third kappa shape index (κ3) is 3.80. The van der Waals surface area contributed by atoms with Crippen molar-refractivity contribution in [3.8, 4) is 0 Å². The van der Waals surface area contributed by atoms with Crippen molar-refractivity contribution in [3.05, 3.63) is 41.0 Å². The quantitative estimate of drug-likeness (QED) is 0.721. The molecule has 1 heterocycles. The number of aliphatic carboxylic acids is 1. The van der Waals surface area contributed by atoms with Gasteiger partial charge in [-0.2, -0.15) is 30.6 Å². The number of alkyl halides is 3.